The molecule has 0 atom stereocenters. The van der Waals surface area contributed by atoms with Crippen molar-refractivity contribution in [2.45, 2.75) is 33.2 Å². The van der Waals surface area contributed by atoms with Crippen LogP contribution in [0.5, 0.6) is 0 Å². The van der Waals surface area contributed by atoms with E-state index in [1.54, 1.807) is 36.4 Å². The number of amides is 1. The standard InChI is InChI=1S/C19H19N5O3/c1-3-15-21-11(2)16(27-15)19(26)24-9-6-13-14(10-24)22-17(23-18(13)25)12-4-7-20-8-5-12/h4-5,7-8H,3,6,9-10H2,1-2H3,(H,22,23,25). The van der Waals surface area contributed by atoms with Crippen LogP contribution in [-0.4, -0.2) is 37.3 Å². The van der Waals surface area contributed by atoms with E-state index in [0.29, 0.717) is 48.1 Å². The molecule has 1 N–H and O–H groups in total. The Bertz CT molecular complexity index is 1050. The molecule has 0 radical (unpaired) electrons. The van der Waals surface area contributed by atoms with Crippen molar-refractivity contribution in [3.05, 3.63) is 63.5 Å². The summed E-state index contributed by atoms with van der Waals surface area (Å²) in [6, 6.07) is 3.56. The second-order valence-electron chi connectivity index (χ2n) is 6.43. The summed E-state index contributed by atoms with van der Waals surface area (Å²) in [6.07, 6.45) is 4.36. The van der Waals surface area contributed by atoms with E-state index in [1.165, 1.54) is 0 Å². The van der Waals surface area contributed by atoms with Crippen LogP contribution in [0.1, 0.15) is 40.3 Å². The minimum atomic E-state index is -0.224. The zero-order chi connectivity index (χ0) is 19.0. The highest BCUT2D eigenvalue weighted by Gasteiger charge is 2.28. The van der Waals surface area contributed by atoms with Gasteiger partial charge in [0, 0.05) is 36.5 Å². The number of oxazole rings is 1. The van der Waals surface area contributed by atoms with Crippen LogP contribution in [0.4, 0.5) is 0 Å². The van der Waals surface area contributed by atoms with Gasteiger partial charge in [-0.3, -0.25) is 14.6 Å². The minimum Gasteiger partial charge on any atom is -0.435 e. The molecule has 3 aromatic rings. The highest BCUT2D eigenvalue weighted by atomic mass is 16.4. The maximum atomic E-state index is 12.9. The van der Waals surface area contributed by atoms with Gasteiger partial charge < -0.3 is 14.3 Å². The molecule has 1 aliphatic heterocycles. The highest BCUT2D eigenvalue weighted by Crippen LogP contribution is 2.21. The third-order valence-corrected chi connectivity index (χ3v) is 4.65. The predicted molar refractivity (Wildman–Crippen MR) is 97.2 cm³/mol. The Labute approximate surface area is 155 Å². The first-order valence-electron chi connectivity index (χ1n) is 8.85. The van der Waals surface area contributed by atoms with Crippen molar-refractivity contribution >= 4 is 5.91 Å². The number of pyridine rings is 1. The van der Waals surface area contributed by atoms with Gasteiger partial charge in [-0.15, -0.1) is 0 Å². The largest absolute Gasteiger partial charge is 0.435 e. The number of nitrogens with zero attached hydrogens (tertiary/aromatic N) is 4. The van der Waals surface area contributed by atoms with Crippen LogP contribution in [0.2, 0.25) is 0 Å². The quantitative estimate of drug-likeness (QED) is 0.760. The van der Waals surface area contributed by atoms with Gasteiger partial charge in [-0.05, 0) is 25.5 Å². The van der Waals surface area contributed by atoms with Crippen LogP contribution in [-0.2, 0) is 19.4 Å². The molecule has 1 amide bonds. The third-order valence-electron chi connectivity index (χ3n) is 4.65. The number of carbonyl (C=O) groups is 1. The molecule has 0 aromatic carbocycles. The second kappa shape index (κ2) is 6.79. The fourth-order valence-electron chi connectivity index (χ4n) is 3.21. The number of fused-ring (bicyclic) bond motifs is 1. The smallest absolute Gasteiger partial charge is 0.291 e. The summed E-state index contributed by atoms with van der Waals surface area (Å²) in [5.74, 6) is 1.05. The molecule has 4 rings (SSSR count). The number of aryl methyl sites for hydroxylation is 2. The van der Waals surface area contributed by atoms with Crippen molar-refractivity contribution in [1.29, 1.82) is 0 Å². The Balaban J connectivity index is 1.66. The van der Waals surface area contributed by atoms with Crippen molar-refractivity contribution in [1.82, 2.24) is 24.8 Å². The highest BCUT2D eigenvalue weighted by molar-refractivity contribution is 5.92. The maximum absolute atomic E-state index is 12.9. The zero-order valence-corrected chi connectivity index (χ0v) is 15.2. The predicted octanol–water partition coefficient (Wildman–Crippen LogP) is 1.89. The summed E-state index contributed by atoms with van der Waals surface area (Å²) in [5.41, 5.74) is 2.42. The van der Waals surface area contributed by atoms with Gasteiger partial charge in [-0.1, -0.05) is 6.92 Å². The van der Waals surface area contributed by atoms with Gasteiger partial charge in [-0.2, -0.15) is 0 Å². The van der Waals surface area contributed by atoms with Crippen molar-refractivity contribution in [2.24, 2.45) is 0 Å². The average molecular weight is 365 g/mol. The Kier molecular flexibility index (Phi) is 4.31. The number of hydrogen-bond acceptors (Lipinski definition) is 6. The molecule has 0 saturated heterocycles. The first-order chi connectivity index (χ1) is 13.1. The average Bonchev–Trinajstić information content (AvgIpc) is 3.08. The van der Waals surface area contributed by atoms with E-state index in [2.05, 4.69) is 19.9 Å². The zero-order valence-electron chi connectivity index (χ0n) is 15.2. The van der Waals surface area contributed by atoms with Gasteiger partial charge in [0.15, 0.2) is 5.89 Å². The molecule has 0 fully saturated rings. The summed E-state index contributed by atoms with van der Waals surface area (Å²) < 4.78 is 5.59. The molecule has 0 spiro atoms. The van der Waals surface area contributed by atoms with Gasteiger partial charge in [0.25, 0.3) is 11.5 Å². The molecule has 0 aliphatic carbocycles. The van der Waals surface area contributed by atoms with E-state index < -0.39 is 0 Å². The molecule has 8 heteroatoms. The molecular formula is C19H19N5O3. The summed E-state index contributed by atoms with van der Waals surface area (Å²) in [4.78, 5) is 42.6. The maximum Gasteiger partial charge on any atom is 0.291 e. The van der Waals surface area contributed by atoms with Crippen molar-refractivity contribution in [2.75, 3.05) is 6.54 Å². The fraction of sp³-hybridized carbons (Fsp3) is 0.316. The van der Waals surface area contributed by atoms with Crippen LogP contribution in [0.25, 0.3) is 11.4 Å². The number of carbonyl (C=O) groups excluding carboxylic acids is 1. The molecule has 8 nitrogen and oxygen atoms in total. The number of aromatic amines is 1. The topological polar surface area (TPSA) is 105 Å². The Morgan fingerprint density at radius 1 is 1.30 bits per heavy atom. The summed E-state index contributed by atoms with van der Waals surface area (Å²) in [7, 11) is 0. The molecule has 4 heterocycles. The molecule has 1 aliphatic rings. The van der Waals surface area contributed by atoms with Crippen molar-refractivity contribution in [3.63, 3.8) is 0 Å². The van der Waals surface area contributed by atoms with Crippen LogP contribution in [0, 0.1) is 6.92 Å². The van der Waals surface area contributed by atoms with Crippen molar-refractivity contribution < 1.29 is 9.21 Å². The molecule has 3 aromatic heterocycles. The molecule has 138 valence electrons. The first kappa shape index (κ1) is 17.1. The van der Waals surface area contributed by atoms with Gasteiger partial charge in [-0.25, -0.2) is 9.97 Å². The first-order valence-corrected chi connectivity index (χ1v) is 8.85. The number of H-pyrrole nitrogens is 1. The summed E-state index contributed by atoms with van der Waals surface area (Å²) >= 11 is 0. The third kappa shape index (κ3) is 3.14. The number of nitrogens with one attached hydrogen (secondary N) is 1. The number of rotatable bonds is 3. The molecule has 0 bridgehead atoms. The lowest BCUT2D eigenvalue weighted by molar-refractivity contribution is 0.0696. The SMILES string of the molecule is CCc1nc(C)c(C(=O)N2CCc3c(nc(-c4ccncc4)[nH]c3=O)C2)o1. The Hall–Kier alpha value is -3.29. The van der Waals surface area contributed by atoms with E-state index in [-0.39, 0.29) is 23.8 Å². The van der Waals surface area contributed by atoms with Gasteiger partial charge in [0.05, 0.1) is 17.9 Å². The van der Waals surface area contributed by atoms with Gasteiger partial charge in [0.1, 0.15) is 5.82 Å². The number of aromatic nitrogens is 4. The minimum absolute atomic E-state index is 0.164. The van der Waals surface area contributed by atoms with E-state index in [4.69, 9.17) is 4.42 Å². The normalized spacial score (nSPS) is 13.5. The number of hydrogen-bond donors (Lipinski definition) is 1. The van der Waals surface area contributed by atoms with Crippen LogP contribution >= 0.6 is 0 Å². The van der Waals surface area contributed by atoms with Gasteiger partial charge in [0.2, 0.25) is 5.76 Å². The molecule has 0 saturated carbocycles. The van der Waals surface area contributed by atoms with E-state index >= 15 is 0 Å². The van der Waals surface area contributed by atoms with E-state index in [0.717, 1.165) is 5.56 Å². The Morgan fingerprint density at radius 2 is 2.07 bits per heavy atom. The van der Waals surface area contributed by atoms with Crippen molar-refractivity contribution in [3.8, 4) is 11.4 Å². The Morgan fingerprint density at radius 3 is 2.78 bits per heavy atom. The van der Waals surface area contributed by atoms with E-state index in [1.807, 2.05) is 6.92 Å². The van der Waals surface area contributed by atoms with Crippen LogP contribution < -0.4 is 5.56 Å². The lowest BCUT2D eigenvalue weighted by atomic mass is 10.1. The monoisotopic (exact) mass is 365 g/mol. The fourth-order valence-corrected chi connectivity index (χ4v) is 3.21. The second-order valence-corrected chi connectivity index (χ2v) is 6.43. The summed E-state index contributed by atoms with van der Waals surface area (Å²) in [6.45, 7) is 4.39. The summed E-state index contributed by atoms with van der Waals surface area (Å²) in [5, 5.41) is 0. The van der Waals surface area contributed by atoms with Crippen LogP contribution in [0.3, 0.4) is 0 Å². The molecule has 0 unspecified atom stereocenters. The lowest BCUT2D eigenvalue weighted by Gasteiger charge is -2.27. The van der Waals surface area contributed by atoms with Crippen LogP contribution in [0.15, 0.2) is 33.7 Å². The molecule has 27 heavy (non-hydrogen) atoms. The lowest BCUT2D eigenvalue weighted by Crippen LogP contribution is -2.39. The van der Waals surface area contributed by atoms with Gasteiger partial charge >= 0.3 is 0 Å². The molecular weight excluding hydrogens is 346 g/mol. The van der Waals surface area contributed by atoms with E-state index in [9.17, 15) is 9.59 Å².